The predicted molar refractivity (Wildman–Crippen MR) is 98.3 cm³/mol. The van der Waals surface area contributed by atoms with Crippen LogP contribution in [0.25, 0.3) is 0 Å². The van der Waals surface area contributed by atoms with E-state index in [4.69, 9.17) is 14.2 Å². The Kier molecular flexibility index (Phi) is 5.21. The van der Waals surface area contributed by atoms with Crippen LogP contribution in [0.1, 0.15) is 33.6 Å². The zero-order valence-electron chi connectivity index (χ0n) is 15.0. The van der Waals surface area contributed by atoms with Gasteiger partial charge in [0.1, 0.15) is 12.2 Å². The van der Waals surface area contributed by atoms with Crippen LogP contribution >= 0.6 is 0 Å². The summed E-state index contributed by atoms with van der Waals surface area (Å²) in [5.41, 5.74) is 0.992. The van der Waals surface area contributed by atoms with Crippen LogP contribution in [0.5, 0.6) is 0 Å². The number of carbonyl (C=O) groups is 2. The summed E-state index contributed by atoms with van der Waals surface area (Å²) in [6.45, 7) is 1.34. The van der Waals surface area contributed by atoms with Gasteiger partial charge < -0.3 is 14.2 Å². The molecular weight excluding hydrogens is 344 g/mol. The van der Waals surface area contributed by atoms with Crippen molar-refractivity contribution >= 4 is 11.9 Å². The Hall–Kier alpha value is -2.66. The maximum Gasteiger partial charge on any atom is 0.338 e. The van der Waals surface area contributed by atoms with Crippen LogP contribution in [0.3, 0.4) is 0 Å². The molecule has 2 aromatic carbocycles. The molecule has 0 radical (unpaired) electrons. The van der Waals surface area contributed by atoms with Crippen molar-refractivity contribution in [3.63, 3.8) is 0 Å². The second-order valence-corrected chi connectivity index (χ2v) is 7.15. The van der Waals surface area contributed by atoms with Crippen LogP contribution in [-0.2, 0) is 14.2 Å². The Balaban J connectivity index is 1.49. The summed E-state index contributed by atoms with van der Waals surface area (Å²) >= 11 is 0. The summed E-state index contributed by atoms with van der Waals surface area (Å²) in [4.78, 5) is 25.0. The third-order valence-electron chi connectivity index (χ3n) is 5.35. The van der Waals surface area contributed by atoms with E-state index in [1.54, 1.807) is 48.5 Å². The average molecular weight is 366 g/mol. The number of carbonyl (C=O) groups excluding carboxylic acids is 2. The molecule has 1 aliphatic carbocycles. The Morgan fingerprint density at radius 2 is 1.11 bits per heavy atom. The third kappa shape index (κ3) is 4.03. The minimum absolute atomic E-state index is 0.338. The zero-order valence-corrected chi connectivity index (χ0v) is 15.0. The Morgan fingerprint density at radius 1 is 0.704 bits per heavy atom. The quantitative estimate of drug-likeness (QED) is 0.775. The molecule has 0 unspecified atom stereocenters. The molecule has 0 amide bonds. The first-order chi connectivity index (χ1) is 13.2. The van der Waals surface area contributed by atoms with Gasteiger partial charge in [0, 0.05) is 13.2 Å². The van der Waals surface area contributed by atoms with Gasteiger partial charge in [-0.25, -0.2) is 9.59 Å². The van der Waals surface area contributed by atoms with Gasteiger partial charge in [0.25, 0.3) is 0 Å². The number of fused-ring (bicyclic) bond motifs is 1. The van der Waals surface area contributed by atoms with E-state index in [2.05, 4.69) is 0 Å². The van der Waals surface area contributed by atoms with Gasteiger partial charge in [0.2, 0.25) is 0 Å². The van der Waals surface area contributed by atoms with Crippen LogP contribution in [0, 0.1) is 11.8 Å². The highest BCUT2D eigenvalue weighted by Gasteiger charge is 2.44. The summed E-state index contributed by atoms with van der Waals surface area (Å²) in [5, 5.41) is 0. The van der Waals surface area contributed by atoms with Gasteiger partial charge in [0.05, 0.1) is 11.1 Å². The Morgan fingerprint density at radius 3 is 1.52 bits per heavy atom. The molecule has 2 aromatic rings. The second-order valence-electron chi connectivity index (χ2n) is 7.15. The number of benzene rings is 2. The highest BCUT2D eigenvalue weighted by molar-refractivity contribution is 5.90. The first-order valence-electron chi connectivity index (χ1n) is 9.30. The molecule has 1 saturated heterocycles. The van der Waals surface area contributed by atoms with E-state index in [-0.39, 0.29) is 0 Å². The van der Waals surface area contributed by atoms with Crippen LogP contribution in [0.2, 0.25) is 0 Å². The highest BCUT2D eigenvalue weighted by Crippen LogP contribution is 2.38. The fourth-order valence-corrected chi connectivity index (χ4v) is 3.87. The Labute approximate surface area is 158 Å². The SMILES string of the molecule is O=C(O[C@H]1C[C@@H]2COC[C@@H]2C[C@H]1OC(=O)c1ccccc1)c1ccccc1. The molecule has 0 spiro atoms. The van der Waals surface area contributed by atoms with E-state index in [0.29, 0.717) is 49.0 Å². The van der Waals surface area contributed by atoms with Gasteiger partial charge in [-0.1, -0.05) is 36.4 Å². The predicted octanol–water partition coefficient (Wildman–Crippen LogP) is 3.49. The van der Waals surface area contributed by atoms with Crippen molar-refractivity contribution in [1.82, 2.24) is 0 Å². The molecule has 5 heteroatoms. The van der Waals surface area contributed by atoms with Crippen LogP contribution in [0.4, 0.5) is 0 Å². The molecule has 1 saturated carbocycles. The minimum atomic E-state index is -0.465. The first-order valence-corrected chi connectivity index (χ1v) is 9.30. The summed E-state index contributed by atoms with van der Waals surface area (Å²) < 4.78 is 17.1. The number of esters is 2. The smallest absolute Gasteiger partial charge is 0.338 e. The third-order valence-corrected chi connectivity index (χ3v) is 5.35. The maximum absolute atomic E-state index is 12.5. The fourth-order valence-electron chi connectivity index (χ4n) is 3.87. The van der Waals surface area contributed by atoms with E-state index in [1.165, 1.54) is 0 Å². The molecule has 0 bridgehead atoms. The zero-order chi connectivity index (χ0) is 18.6. The standard InChI is InChI=1S/C22H22O5/c23-21(15-7-3-1-4-8-15)26-19-11-17-13-25-14-18(17)12-20(19)27-22(24)16-9-5-2-6-10-16/h1-10,17-20H,11-14H2/t17-,18+,19+,20-. The van der Waals surface area contributed by atoms with Gasteiger partial charge in [-0.3, -0.25) is 0 Å². The van der Waals surface area contributed by atoms with Crippen molar-refractivity contribution in [1.29, 1.82) is 0 Å². The molecule has 140 valence electrons. The van der Waals surface area contributed by atoms with Crippen molar-refractivity contribution < 1.29 is 23.8 Å². The number of hydrogen-bond donors (Lipinski definition) is 0. The van der Waals surface area contributed by atoms with Crippen molar-refractivity contribution in [3.05, 3.63) is 71.8 Å². The van der Waals surface area contributed by atoms with Gasteiger partial charge >= 0.3 is 11.9 Å². The van der Waals surface area contributed by atoms with Crippen molar-refractivity contribution in [2.24, 2.45) is 11.8 Å². The number of ether oxygens (including phenoxy) is 3. The molecule has 4 rings (SSSR count). The highest BCUT2D eigenvalue weighted by atomic mass is 16.6. The molecule has 2 fully saturated rings. The number of hydrogen-bond acceptors (Lipinski definition) is 5. The average Bonchev–Trinajstić information content (AvgIpc) is 3.16. The fraction of sp³-hybridized carbons (Fsp3) is 0.364. The van der Waals surface area contributed by atoms with Crippen molar-refractivity contribution in [3.8, 4) is 0 Å². The van der Waals surface area contributed by atoms with Crippen LogP contribution in [0.15, 0.2) is 60.7 Å². The monoisotopic (exact) mass is 366 g/mol. The molecule has 0 aromatic heterocycles. The number of rotatable bonds is 4. The lowest BCUT2D eigenvalue weighted by Gasteiger charge is -2.36. The van der Waals surface area contributed by atoms with Gasteiger partial charge in [-0.2, -0.15) is 0 Å². The summed E-state index contributed by atoms with van der Waals surface area (Å²) in [5.74, 6) is -0.104. The van der Waals surface area contributed by atoms with Gasteiger partial charge in [-0.15, -0.1) is 0 Å². The summed E-state index contributed by atoms with van der Waals surface area (Å²) in [6, 6.07) is 17.8. The topological polar surface area (TPSA) is 61.8 Å². The van der Waals surface area contributed by atoms with E-state index < -0.39 is 24.1 Å². The summed E-state index contributed by atoms with van der Waals surface area (Å²) in [6.07, 6.45) is 0.369. The molecule has 4 atom stereocenters. The van der Waals surface area contributed by atoms with Crippen LogP contribution in [-0.4, -0.2) is 37.4 Å². The lowest BCUT2D eigenvalue weighted by Crippen LogP contribution is -2.44. The largest absolute Gasteiger partial charge is 0.455 e. The summed E-state index contributed by atoms with van der Waals surface area (Å²) in [7, 11) is 0. The van der Waals surface area contributed by atoms with E-state index in [0.717, 1.165) is 0 Å². The van der Waals surface area contributed by atoms with Crippen LogP contribution < -0.4 is 0 Å². The van der Waals surface area contributed by atoms with Crippen molar-refractivity contribution in [2.75, 3.05) is 13.2 Å². The van der Waals surface area contributed by atoms with Crippen molar-refractivity contribution in [2.45, 2.75) is 25.0 Å². The lowest BCUT2D eigenvalue weighted by atomic mass is 9.78. The molecular formula is C22H22O5. The molecule has 5 nitrogen and oxygen atoms in total. The van der Waals surface area contributed by atoms with E-state index >= 15 is 0 Å². The molecule has 27 heavy (non-hydrogen) atoms. The molecule has 1 heterocycles. The minimum Gasteiger partial charge on any atom is -0.455 e. The lowest BCUT2D eigenvalue weighted by molar-refractivity contribution is -0.0683. The maximum atomic E-state index is 12.5. The Bertz CT molecular complexity index is 721. The first kappa shape index (κ1) is 17.7. The normalized spacial score (nSPS) is 26.8. The van der Waals surface area contributed by atoms with Gasteiger partial charge in [-0.05, 0) is 48.9 Å². The molecule has 1 aliphatic heterocycles. The van der Waals surface area contributed by atoms with E-state index in [1.807, 2.05) is 12.1 Å². The second kappa shape index (κ2) is 7.92. The molecule has 0 N–H and O–H groups in total. The van der Waals surface area contributed by atoms with E-state index in [9.17, 15) is 9.59 Å². The molecule has 2 aliphatic rings. The van der Waals surface area contributed by atoms with Gasteiger partial charge in [0.15, 0.2) is 0 Å².